The van der Waals surface area contributed by atoms with Gasteiger partial charge in [-0.25, -0.2) is 0 Å². The Hall–Kier alpha value is -1.44. The van der Waals surface area contributed by atoms with E-state index in [0.717, 1.165) is 17.8 Å². The van der Waals surface area contributed by atoms with Gasteiger partial charge in [0.25, 0.3) is 0 Å². The zero-order valence-electron chi connectivity index (χ0n) is 24.1. The molecule has 3 nitrogen and oxygen atoms in total. The van der Waals surface area contributed by atoms with E-state index in [1.807, 2.05) is 0 Å². The summed E-state index contributed by atoms with van der Waals surface area (Å²) in [7, 11) is -4.46. The van der Waals surface area contributed by atoms with E-state index in [-0.39, 0.29) is 23.4 Å². The molecule has 2 aromatic rings. The first-order valence-electron chi connectivity index (χ1n) is 14.1. The highest BCUT2D eigenvalue weighted by Gasteiger charge is 2.68. The molecular weight excluding hydrogens is 487 g/mol. The number of rotatable bonds is 8. The minimum atomic E-state index is -2.16. The van der Waals surface area contributed by atoms with Crippen molar-refractivity contribution in [3.63, 3.8) is 0 Å². The van der Waals surface area contributed by atoms with Gasteiger partial charge < -0.3 is 13.7 Å². The van der Waals surface area contributed by atoms with Crippen molar-refractivity contribution in [2.75, 3.05) is 0 Å². The maximum Gasteiger partial charge on any atom is 0.489 e. The molecule has 6 atom stereocenters. The van der Waals surface area contributed by atoms with Gasteiger partial charge in [0.1, 0.15) is 0 Å². The molecule has 1 aliphatic heterocycles. The lowest BCUT2D eigenvalue weighted by molar-refractivity contribution is -0.199. The predicted molar refractivity (Wildman–Crippen MR) is 160 cm³/mol. The SMILES string of the molecule is C=C(B1O[C@H]2C[C@H]3C[C@H](C3(C)C)[C@@]2(C)O1)[C@@H]([C@@H](O[Si](C)(C)C)c1ccccc1)[Si](C)(C)c1ccccc1. The van der Waals surface area contributed by atoms with E-state index >= 15 is 0 Å². The molecule has 2 bridgehead atoms. The predicted octanol–water partition coefficient (Wildman–Crippen LogP) is 7.39. The molecule has 3 aliphatic carbocycles. The van der Waals surface area contributed by atoms with Crippen molar-refractivity contribution in [3.05, 3.63) is 78.3 Å². The lowest BCUT2D eigenvalue weighted by atomic mass is 9.43. The summed E-state index contributed by atoms with van der Waals surface area (Å²) in [6, 6.07) is 21.8. The van der Waals surface area contributed by atoms with Gasteiger partial charge in [-0.2, -0.15) is 0 Å². The topological polar surface area (TPSA) is 27.7 Å². The molecule has 0 aromatic heterocycles. The minimum absolute atomic E-state index is 0.0880. The van der Waals surface area contributed by atoms with Crippen molar-refractivity contribution in [3.8, 4) is 0 Å². The second kappa shape index (κ2) is 9.34. The van der Waals surface area contributed by atoms with Gasteiger partial charge in [-0.15, -0.1) is 6.58 Å². The third-order valence-electron chi connectivity index (χ3n) is 9.86. The first-order chi connectivity index (χ1) is 17.2. The second-order valence-electron chi connectivity index (χ2n) is 14.0. The lowest BCUT2D eigenvalue weighted by Crippen LogP contribution is -2.65. The zero-order chi connectivity index (χ0) is 26.8. The van der Waals surface area contributed by atoms with Crippen LogP contribution >= 0.6 is 0 Å². The van der Waals surface area contributed by atoms with E-state index in [1.54, 1.807) is 0 Å². The van der Waals surface area contributed by atoms with E-state index in [0.29, 0.717) is 11.3 Å². The van der Waals surface area contributed by atoms with Crippen LogP contribution in [0, 0.1) is 17.3 Å². The number of hydrogen-bond acceptors (Lipinski definition) is 3. The quantitative estimate of drug-likeness (QED) is 0.332. The molecule has 0 radical (unpaired) electrons. The Labute approximate surface area is 227 Å². The fourth-order valence-corrected chi connectivity index (χ4v) is 12.3. The summed E-state index contributed by atoms with van der Waals surface area (Å²) in [6.07, 6.45) is 2.39. The van der Waals surface area contributed by atoms with Crippen LogP contribution in [0.5, 0.6) is 0 Å². The van der Waals surface area contributed by atoms with Crippen LogP contribution in [0.4, 0.5) is 0 Å². The van der Waals surface area contributed by atoms with E-state index < -0.39 is 23.5 Å². The van der Waals surface area contributed by atoms with E-state index in [1.165, 1.54) is 17.2 Å². The highest BCUT2D eigenvalue weighted by molar-refractivity contribution is 6.92. The number of hydrogen-bond donors (Lipinski definition) is 0. The average molecular weight is 533 g/mol. The molecule has 1 heterocycles. The van der Waals surface area contributed by atoms with Crippen LogP contribution in [0.15, 0.2) is 72.7 Å². The molecule has 198 valence electrons. The zero-order valence-corrected chi connectivity index (χ0v) is 26.1. The van der Waals surface area contributed by atoms with Crippen molar-refractivity contribution >= 4 is 28.7 Å². The molecule has 3 saturated carbocycles. The molecule has 4 fully saturated rings. The number of benzene rings is 2. The molecule has 6 rings (SSSR count). The third-order valence-corrected chi connectivity index (χ3v) is 14.9. The van der Waals surface area contributed by atoms with Gasteiger partial charge in [0.05, 0.1) is 25.9 Å². The van der Waals surface area contributed by atoms with Crippen molar-refractivity contribution in [2.45, 2.75) is 89.7 Å². The normalized spacial score (nSPS) is 30.3. The van der Waals surface area contributed by atoms with Crippen LogP contribution in [0.1, 0.15) is 45.3 Å². The van der Waals surface area contributed by atoms with Gasteiger partial charge in [-0.05, 0) is 67.7 Å². The fraction of sp³-hybridized carbons (Fsp3) is 0.548. The first-order valence-corrected chi connectivity index (χ1v) is 20.5. The Kier molecular flexibility index (Phi) is 6.85. The Morgan fingerprint density at radius 1 is 0.946 bits per heavy atom. The molecular formula is C31H45BO3Si2. The Bertz CT molecular complexity index is 1130. The first kappa shape index (κ1) is 27.1. The van der Waals surface area contributed by atoms with E-state index in [2.05, 4.69) is 114 Å². The van der Waals surface area contributed by atoms with Crippen molar-refractivity contribution in [2.24, 2.45) is 17.3 Å². The highest BCUT2D eigenvalue weighted by atomic mass is 28.4. The average Bonchev–Trinajstić information content (AvgIpc) is 3.21. The summed E-state index contributed by atoms with van der Waals surface area (Å²) in [5.41, 5.74) is 2.43. The van der Waals surface area contributed by atoms with Gasteiger partial charge in [0, 0.05) is 5.54 Å². The van der Waals surface area contributed by atoms with Crippen LogP contribution in [0.2, 0.25) is 38.3 Å². The maximum absolute atomic E-state index is 7.08. The van der Waals surface area contributed by atoms with Crippen LogP contribution in [-0.4, -0.2) is 35.2 Å². The summed E-state index contributed by atoms with van der Waals surface area (Å²) < 4.78 is 20.9. The van der Waals surface area contributed by atoms with Crippen molar-refractivity contribution < 1.29 is 13.7 Å². The van der Waals surface area contributed by atoms with E-state index in [4.69, 9.17) is 20.3 Å². The highest BCUT2D eigenvalue weighted by Crippen LogP contribution is 2.66. The molecule has 0 amide bonds. The molecule has 1 saturated heterocycles. The van der Waals surface area contributed by atoms with Crippen LogP contribution in [0.25, 0.3) is 0 Å². The molecule has 0 spiro atoms. The van der Waals surface area contributed by atoms with Crippen LogP contribution in [-0.2, 0) is 13.7 Å². The molecule has 2 aromatic carbocycles. The summed E-state index contributed by atoms with van der Waals surface area (Å²) >= 11 is 0. The lowest BCUT2D eigenvalue weighted by Gasteiger charge is -2.64. The maximum atomic E-state index is 7.08. The molecule has 37 heavy (non-hydrogen) atoms. The summed E-state index contributed by atoms with van der Waals surface area (Å²) in [4.78, 5) is 0. The standard InChI is InChI=1S/C31H45BO3Si2/c1-22(32-33-27-21-24-20-26(30(24,2)3)31(27,4)35-32)29(37(8,9)25-18-14-11-15-19-25)28(34-36(5,6)7)23-16-12-10-13-17-23/h10-19,24,26-29H,1,20-21H2,2-9H3/t24-,26-,27+,28+,29+,31-/m1/s1. The van der Waals surface area contributed by atoms with Gasteiger partial charge in [0.15, 0.2) is 8.32 Å². The fourth-order valence-electron chi connectivity index (χ4n) is 7.61. The van der Waals surface area contributed by atoms with Crippen LogP contribution in [0.3, 0.4) is 0 Å². The summed E-state index contributed by atoms with van der Waals surface area (Å²) in [5, 5.41) is 1.41. The second-order valence-corrected chi connectivity index (χ2v) is 23.1. The smallest absolute Gasteiger partial charge is 0.410 e. The van der Waals surface area contributed by atoms with Crippen molar-refractivity contribution in [1.82, 2.24) is 0 Å². The molecule has 0 unspecified atom stereocenters. The Morgan fingerprint density at radius 3 is 2.11 bits per heavy atom. The van der Waals surface area contributed by atoms with Crippen LogP contribution < -0.4 is 5.19 Å². The van der Waals surface area contributed by atoms with Gasteiger partial charge in [-0.1, -0.05) is 92.8 Å². The summed E-state index contributed by atoms with van der Waals surface area (Å²) in [6.45, 7) is 23.7. The monoisotopic (exact) mass is 532 g/mol. The van der Waals surface area contributed by atoms with Crippen molar-refractivity contribution in [1.29, 1.82) is 0 Å². The molecule has 4 aliphatic rings. The minimum Gasteiger partial charge on any atom is -0.410 e. The third kappa shape index (κ3) is 4.67. The largest absolute Gasteiger partial charge is 0.489 e. The van der Waals surface area contributed by atoms with Gasteiger partial charge >= 0.3 is 7.12 Å². The Morgan fingerprint density at radius 2 is 1.54 bits per heavy atom. The molecule has 0 N–H and O–H groups in total. The van der Waals surface area contributed by atoms with Gasteiger partial charge in [0.2, 0.25) is 0 Å². The summed E-state index contributed by atoms with van der Waals surface area (Å²) in [5.74, 6) is 1.26. The molecule has 6 heteroatoms. The van der Waals surface area contributed by atoms with Gasteiger partial charge in [-0.3, -0.25) is 0 Å². The van der Waals surface area contributed by atoms with E-state index in [9.17, 15) is 0 Å². The Balaban J connectivity index is 1.56.